The standard InChI is InChI=1S/C22H21N5O3S/c1-14(15-8-10-17(30-2)11-9-15)24-19(28)13-31-22-25-20-18(21(29)26-22)12-23-27(20)16-6-4-3-5-7-16/h3-12,14H,13H2,1-2H3,(H,24,28)(H,25,26,29). The zero-order valence-electron chi connectivity index (χ0n) is 17.0. The van der Waals surface area contributed by atoms with E-state index in [0.29, 0.717) is 16.2 Å². The van der Waals surface area contributed by atoms with Gasteiger partial charge in [-0.3, -0.25) is 9.59 Å². The van der Waals surface area contributed by atoms with E-state index in [9.17, 15) is 9.59 Å². The molecule has 31 heavy (non-hydrogen) atoms. The van der Waals surface area contributed by atoms with E-state index < -0.39 is 0 Å². The number of methoxy groups -OCH3 is 1. The number of carbonyl (C=O) groups excluding carboxylic acids is 1. The second kappa shape index (κ2) is 9.05. The fourth-order valence-electron chi connectivity index (χ4n) is 3.12. The number of rotatable bonds is 7. The number of thioether (sulfide) groups is 1. The van der Waals surface area contributed by atoms with Gasteiger partial charge in [-0.05, 0) is 36.8 Å². The molecule has 0 fully saturated rings. The fraction of sp³-hybridized carbons (Fsp3) is 0.182. The number of H-pyrrole nitrogens is 1. The van der Waals surface area contributed by atoms with Gasteiger partial charge in [-0.2, -0.15) is 5.10 Å². The van der Waals surface area contributed by atoms with Crippen LogP contribution in [0.2, 0.25) is 0 Å². The molecule has 158 valence electrons. The first-order valence-corrected chi connectivity index (χ1v) is 10.6. The van der Waals surface area contributed by atoms with E-state index in [4.69, 9.17) is 4.74 Å². The topological polar surface area (TPSA) is 102 Å². The van der Waals surface area contributed by atoms with Crippen LogP contribution in [0.3, 0.4) is 0 Å². The number of nitrogens with zero attached hydrogens (tertiary/aromatic N) is 3. The van der Waals surface area contributed by atoms with Crippen LogP contribution < -0.4 is 15.6 Å². The fourth-order valence-corrected chi connectivity index (χ4v) is 3.78. The van der Waals surface area contributed by atoms with Crippen molar-refractivity contribution in [1.29, 1.82) is 0 Å². The number of benzene rings is 2. The minimum Gasteiger partial charge on any atom is -0.497 e. The summed E-state index contributed by atoms with van der Waals surface area (Å²) in [5.41, 5.74) is 1.93. The molecule has 4 aromatic rings. The number of fused-ring (bicyclic) bond motifs is 1. The maximum absolute atomic E-state index is 12.4. The lowest BCUT2D eigenvalue weighted by Gasteiger charge is -2.14. The molecule has 4 rings (SSSR count). The number of aromatic nitrogens is 4. The molecule has 0 radical (unpaired) electrons. The summed E-state index contributed by atoms with van der Waals surface area (Å²) < 4.78 is 6.77. The van der Waals surface area contributed by atoms with E-state index in [2.05, 4.69) is 20.4 Å². The summed E-state index contributed by atoms with van der Waals surface area (Å²) in [6, 6.07) is 16.8. The minimum absolute atomic E-state index is 0.119. The third kappa shape index (κ3) is 4.61. The molecule has 1 amide bonds. The van der Waals surface area contributed by atoms with Crippen LogP contribution in [-0.4, -0.2) is 38.5 Å². The zero-order chi connectivity index (χ0) is 21.8. The van der Waals surface area contributed by atoms with Crippen LogP contribution in [-0.2, 0) is 4.79 Å². The number of ether oxygens (including phenoxy) is 1. The molecule has 2 aromatic carbocycles. The Morgan fingerprint density at radius 1 is 1.19 bits per heavy atom. The first-order chi connectivity index (χ1) is 15.0. The molecule has 2 aromatic heterocycles. The summed E-state index contributed by atoms with van der Waals surface area (Å²) in [6.45, 7) is 1.91. The normalized spacial score (nSPS) is 11.9. The van der Waals surface area contributed by atoms with Crippen molar-refractivity contribution < 1.29 is 9.53 Å². The van der Waals surface area contributed by atoms with E-state index in [1.54, 1.807) is 11.8 Å². The van der Waals surface area contributed by atoms with Gasteiger partial charge in [-0.15, -0.1) is 0 Å². The van der Waals surface area contributed by atoms with E-state index in [-0.39, 0.29) is 23.3 Å². The number of nitrogens with one attached hydrogen (secondary N) is 2. The lowest BCUT2D eigenvalue weighted by atomic mass is 10.1. The summed E-state index contributed by atoms with van der Waals surface area (Å²) in [6.07, 6.45) is 1.49. The quantitative estimate of drug-likeness (QED) is 0.342. The molecule has 2 N–H and O–H groups in total. The zero-order valence-corrected chi connectivity index (χ0v) is 17.8. The van der Waals surface area contributed by atoms with E-state index in [0.717, 1.165) is 17.0 Å². The van der Waals surface area contributed by atoms with Gasteiger partial charge in [-0.1, -0.05) is 42.1 Å². The van der Waals surface area contributed by atoms with Gasteiger partial charge in [0.25, 0.3) is 5.56 Å². The summed E-state index contributed by atoms with van der Waals surface area (Å²) in [5, 5.41) is 7.99. The van der Waals surface area contributed by atoms with Crippen molar-refractivity contribution in [3.8, 4) is 11.4 Å². The molecule has 1 unspecified atom stereocenters. The maximum Gasteiger partial charge on any atom is 0.262 e. The van der Waals surface area contributed by atoms with Crippen molar-refractivity contribution in [3.05, 3.63) is 76.7 Å². The molecule has 9 heteroatoms. The predicted octanol–water partition coefficient (Wildman–Crippen LogP) is 3.09. The molecule has 8 nitrogen and oxygen atoms in total. The van der Waals surface area contributed by atoms with Crippen molar-refractivity contribution >= 4 is 28.7 Å². The third-order valence-electron chi connectivity index (χ3n) is 4.75. The summed E-state index contributed by atoms with van der Waals surface area (Å²) in [7, 11) is 1.61. The Balaban J connectivity index is 1.46. The highest BCUT2D eigenvalue weighted by Gasteiger charge is 2.14. The van der Waals surface area contributed by atoms with Crippen LogP contribution in [0.4, 0.5) is 0 Å². The Morgan fingerprint density at radius 2 is 1.94 bits per heavy atom. The molecule has 0 aliphatic heterocycles. The smallest absolute Gasteiger partial charge is 0.262 e. The van der Waals surface area contributed by atoms with E-state index >= 15 is 0 Å². The van der Waals surface area contributed by atoms with Crippen LogP contribution in [0.5, 0.6) is 5.75 Å². The Labute approximate surface area is 182 Å². The van der Waals surface area contributed by atoms with Crippen LogP contribution in [0.15, 0.2) is 70.7 Å². The molecule has 0 aliphatic rings. The maximum atomic E-state index is 12.4. The van der Waals surface area contributed by atoms with Gasteiger partial charge in [0.05, 0.1) is 30.8 Å². The Bertz CT molecular complexity index is 1250. The minimum atomic E-state index is -0.290. The first-order valence-electron chi connectivity index (χ1n) is 9.65. The van der Waals surface area contributed by atoms with Gasteiger partial charge in [0.2, 0.25) is 5.91 Å². The predicted molar refractivity (Wildman–Crippen MR) is 120 cm³/mol. The second-order valence-corrected chi connectivity index (χ2v) is 7.82. The lowest BCUT2D eigenvalue weighted by molar-refractivity contribution is -0.119. The van der Waals surface area contributed by atoms with Crippen LogP contribution in [0, 0.1) is 0 Å². The summed E-state index contributed by atoms with van der Waals surface area (Å²) in [4.78, 5) is 32.1. The average Bonchev–Trinajstić information content (AvgIpc) is 3.23. The monoisotopic (exact) mass is 435 g/mol. The molecule has 0 saturated carbocycles. The van der Waals surface area contributed by atoms with Crippen molar-refractivity contribution in [1.82, 2.24) is 25.1 Å². The molecule has 0 aliphatic carbocycles. The number of carbonyl (C=O) groups is 1. The lowest BCUT2D eigenvalue weighted by Crippen LogP contribution is -2.28. The molecule has 0 bridgehead atoms. The van der Waals surface area contributed by atoms with Crippen LogP contribution >= 0.6 is 11.8 Å². The van der Waals surface area contributed by atoms with Gasteiger partial charge in [0.1, 0.15) is 11.1 Å². The largest absolute Gasteiger partial charge is 0.497 e. The van der Waals surface area contributed by atoms with Gasteiger partial charge in [0.15, 0.2) is 10.8 Å². The van der Waals surface area contributed by atoms with Gasteiger partial charge >= 0.3 is 0 Å². The molecule has 0 spiro atoms. The van der Waals surface area contributed by atoms with Crippen LogP contribution in [0.1, 0.15) is 18.5 Å². The molecular formula is C22H21N5O3S. The molecular weight excluding hydrogens is 414 g/mol. The van der Waals surface area contributed by atoms with Gasteiger partial charge in [0, 0.05) is 0 Å². The van der Waals surface area contributed by atoms with Gasteiger partial charge < -0.3 is 15.0 Å². The van der Waals surface area contributed by atoms with E-state index in [1.807, 2.05) is 61.5 Å². The Kier molecular flexibility index (Phi) is 6.03. The number of hydrogen-bond acceptors (Lipinski definition) is 6. The second-order valence-electron chi connectivity index (χ2n) is 6.85. The summed E-state index contributed by atoms with van der Waals surface area (Å²) in [5.74, 6) is 0.722. The molecule has 1 atom stereocenters. The highest BCUT2D eigenvalue weighted by Crippen LogP contribution is 2.19. The van der Waals surface area contributed by atoms with Crippen molar-refractivity contribution in [2.75, 3.05) is 12.9 Å². The highest BCUT2D eigenvalue weighted by atomic mass is 32.2. The van der Waals surface area contributed by atoms with Gasteiger partial charge in [-0.25, -0.2) is 9.67 Å². The number of aromatic amines is 1. The average molecular weight is 436 g/mol. The van der Waals surface area contributed by atoms with Crippen LogP contribution in [0.25, 0.3) is 16.7 Å². The highest BCUT2D eigenvalue weighted by molar-refractivity contribution is 7.99. The Morgan fingerprint density at radius 3 is 2.65 bits per heavy atom. The number of amides is 1. The number of hydrogen-bond donors (Lipinski definition) is 2. The number of para-hydroxylation sites is 1. The van der Waals surface area contributed by atoms with Crippen molar-refractivity contribution in [2.24, 2.45) is 0 Å². The first kappa shape index (κ1) is 20.7. The van der Waals surface area contributed by atoms with Crippen molar-refractivity contribution in [3.63, 3.8) is 0 Å². The summed E-state index contributed by atoms with van der Waals surface area (Å²) >= 11 is 1.17. The SMILES string of the molecule is COc1ccc(C(C)NC(=O)CSc2nc3c(cnn3-c3ccccc3)c(=O)[nH]2)cc1. The molecule has 0 saturated heterocycles. The third-order valence-corrected chi connectivity index (χ3v) is 5.62. The Hall–Kier alpha value is -3.59. The van der Waals surface area contributed by atoms with E-state index in [1.165, 1.54) is 18.0 Å². The molecule has 2 heterocycles. The van der Waals surface area contributed by atoms with Crippen molar-refractivity contribution in [2.45, 2.75) is 18.1 Å².